The Bertz CT molecular complexity index is 839. The zero-order valence-electron chi connectivity index (χ0n) is 16.5. The van der Waals surface area contributed by atoms with Crippen molar-refractivity contribution in [3.05, 3.63) is 57.6 Å². The van der Waals surface area contributed by atoms with Crippen LogP contribution in [0.25, 0.3) is 0 Å². The lowest BCUT2D eigenvalue weighted by Gasteiger charge is -2.23. The normalized spacial score (nSPS) is 14.4. The first kappa shape index (κ1) is 21.8. The van der Waals surface area contributed by atoms with Crippen LogP contribution in [-0.4, -0.2) is 39.3 Å². The van der Waals surface area contributed by atoms with Crippen molar-refractivity contribution in [3.8, 4) is 11.5 Å². The van der Waals surface area contributed by atoms with E-state index in [-0.39, 0.29) is 5.91 Å². The van der Waals surface area contributed by atoms with Gasteiger partial charge in [0.1, 0.15) is 11.5 Å². The summed E-state index contributed by atoms with van der Waals surface area (Å²) in [4.78, 5) is 12.7. The van der Waals surface area contributed by atoms with Crippen LogP contribution in [-0.2, 0) is 6.42 Å². The first-order chi connectivity index (χ1) is 14.1. The lowest BCUT2D eigenvalue weighted by molar-refractivity contribution is 0.0940. The van der Waals surface area contributed by atoms with E-state index in [0.29, 0.717) is 52.6 Å². The van der Waals surface area contributed by atoms with Crippen molar-refractivity contribution in [2.24, 2.45) is 5.92 Å². The van der Waals surface area contributed by atoms with Crippen LogP contribution in [0.2, 0.25) is 10.0 Å². The molecule has 5 nitrogen and oxygen atoms in total. The van der Waals surface area contributed by atoms with Gasteiger partial charge in [0.15, 0.2) is 0 Å². The van der Waals surface area contributed by atoms with Gasteiger partial charge in [-0.15, -0.1) is 0 Å². The van der Waals surface area contributed by atoms with Gasteiger partial charge in [0.05, 0.1) is 19.3 Å². The van der Waals surface area contributed by atoms with E-state index in [2.05, 4.69) is 10.6 Å². The van der Waals surface area contributed by atoms with Gasteiger partial charge in [-0.3, -0.25) is 4.79 Å². The van der Waals surface area contributed by atoms with Crippen LogP contribution < -0.4 is 20.1 Å². The number of amides is 1. The zero-order chi connectivity index (χ0) is 20.6. The molecule has 1 fully saturated rings. The molecule has 0 unspecified atom stereocenters. The number of hydrogen-bond donors (Lipinski definition) is 2. The third kappa shape index (κ3) is 6.26. The maximum Gasteiger partial charge on any atom is 0.255 e. The Morgan fingerprint density at radius 3 is 2.69 bits per heavy atom. The summed E-state index contributed by atoms with van der Waals surface area (Å²) in [6, 6.07) is 10.6. The summed E-state index contributed by atoms with van der Waals surface area (Å²) in [5.41, 5.74) is 1.44. The van der Waals surface area contributed by atoms with Gasteiger partial charge in [-0.05, 0) is 61.7 Å². The Labute approximate surface area is 181 Å². The third-order valence-electron chi connectivity index (χ3n) is 5.09. The van der Waals surface area contributed by atoms with Crippen molar-refractivity contribution in [3.63, 3.8) is 0 Å². The summed E-state index contributed by atoms with van der Waals surface area (Å²) < 4.78 is 11.2. The molecule has 0 radical (unpaired) electrons. The molecule has 1 heterocycles. The predicted molar refractivity (Wildman–Crippen MR) is 117 cm³/mol. The van der Waals surface area contributed by atoms with Crippen LogP contribution in [0.1, 0.15) is 28.8 Å². The maximum atomic E-state index is 12.7. The van der Waals surface area contributed by atoms with Gasteiger partial charge in [0, 0.05) is 29.1 Å². The molecule has 0 bridgehead atoms. The predicted octanol–water partition coefficient (Wildman–Crippen LogP) is 4.35. The number of nitrogens with one attached hydrogen (secondary N) is 2. The minimum absolute atomic E-state index is 0.134. The number of halogens is 2. The van der Waals surface area contributed by atoms with Crippen molar-refractivity contribution in [1.29, 1.82) is 0 Å². The quantitative estimate of drug-likeness (QED) is 0.645. The number of carbonyl (C=O) groups excluding carboxylic acids is 1. The van der Waals surface area contributed by atoms with Gasteiger partial charge < -0.3 is 20.1 Å². The molecule has 29 heavy (non-hydrogen) atoms. The van der Waals surface area contributed by atoms with Gasteiger partial charge >= 0.3 is 0 Å². The fraction of sp³-hybridized carbons (Fsp3) is 0.409. The molecular formula is C22H26Cl2N2O3. The van der Waals surface area contributed by atoms with E-state index in [4.69, 9.17) is 32.7 Å². The lowest BCUT2D eigenvalue weighted by Crippen LogP contribution is -2.36. The molecule has 2 aromatic carbocycles. The molecule has 7 heteroatoms. The van der Waals surface area contributed by atoms with Crippen LogP contribution in [0.3, 0.4) is 0 Å². The Morgan fingerprint density at radius 1 is 1.17 bits per heavy atom. The Balaban J connectivity index is 1.63. The van der Waals surface area contributed by atoms with Gasteiger partial charge in [0.25, 0.3) is 5.91 Å². The fourth-order valence-electron chi connectivity index (χ4n) is 3.35. The first-order valence-corrected chi connectivity index (χ1v) is 10.6. The number of methoxy groups -OCH3 is 1. The van der Waals surface area contributed by atoms with Crippen LogP contribution in [0, 0.1) is 5.92 Å². The number of benzene rings is 2. The van der Waals surface area contributed by atoms with Crippen molar-refractivity contribution >= 4 is 29.1 Å². The fourth-order valence-corrected chi connectivity index (χ4v) is 3.85. The van der Waals surface area contributed by atoms with Crippen molar-refractivity contribution in [2.45, 2.75) is 19.3 Å². The molecule has 156 valence electrons. The molecule has 0 aliphatic carbocycles. The summed E-state index contributed by atoms with van der Waals surface area (Å²) >= 11 is 12.2. The largest absolute Gasteiger partial charge is 0.497 e. The van der Waals surface area contributed by atoms with E-state index >= 15 is 0 Å². The molecule has 0 aromatic heterocycles. The minimum Gasteiger partial charge on any atom is -0.497 e. The molecule has 0 spiro atoms. The summed E-state index contributed by atoms with van der Waals surface area (Å²) in [6.45, 7) is 3.06. The van der Waals surface area contributed by atoms with Gasteiger partial charge in [-0.2, -0.15) is 0 Å². The monoisotopic (exact) mass is 436 g/mol. The molecule has 1 aliphatic heterocycles. The molecule has 3 rings (SSSR count). The summed E-state index contributed by atoms with van der Waals surface area (Å²) in [5, 5.41) is 7.58. The molecule has 1 amide bonds. The van der Waals surface area contributed by atoms with Gasteiger partial charge in [-0.25, -0.2) is 0 Å². The van der Waals surface area contributed by atoms with E-state index < -0.39 is 0 Å². The van der Waals surface area contributed by atoms with Crippen molar-refractivity contribution < 1.29 is 14.3 Å². The first-order valence-electron chi connectivity index (χ1n) is 9.80. The number of hydrogen-bond acceptors (Lipinski definition) is 4. The number of rotatable bonds is 8. The molecule has 2 N–H and O–H groups in total. The highest BCUT2D eigenvalue weighted by Crippen LogP contribution is 2.26. The Kier molecular flexibility index (Phi) is 8.04. The highest BCUT2D eigenvalue weighted by atomic mass is 35.5. The smallest absolute Gasteiger partial charge is 0.255 e. The standard InChI is InChI=1S/C22H26Cl2N2O3/c1-28-18-4-5-19(22(27)26-14-15-6-9-25-10-7-15)21(13-18)29-11-8-16-2-3-17(23)12-20(16)24/h2-5,12-13,15,25H,6-11,14H2,1H3,(H,26,27). The second-order valence-electron chi connectivity index (χ2n) is 7.10. The number of piperidine rings is 1. The second kappa shape index (κ2) is 10.7. The van der Waals surface area contributed by atoms with Crippen LogP contribution in [0.4, 0.5) is 0 Å². The molecule has 0 atom stereocenters. The second-order valence-corrected chi connectivity index (χ2v) is 7.94. The van der Waals surface area contributed by atoms with Crippen LogP contribution >= 0.6 is 23.2 Å². The van der Waals surface area contributed by atoms with Gasteiger partial charge in [0.2, 0.25) is 0 Å². The average molecular weight is 437 g/mol. The zero-order valence-corrected chi connectivity index (χ0v) is 18.0. The van der Waals surface area contributed by atoms with Crippen LogP contribution in [0.5, 0.6) is 11.5 Å². The van der Waals surface area contributed by atoms with E-state index in [1.807, 2.05) is 6.07 Å². The van der Waals surface area contributed by atoms with Crippen molar-refractivity contribution in [2.75, 3.05) is 33.4 Å². The number of ether oxygens (including phenoxy) is 2. The maximum absolute atomic E-state index is 12.7. The van der Waals surface area contributed by atoms with Crippen molar-refractivity contribution in [1.82, 2.24) is 10.6 Å². The summed E-state index contributed by atoms with van der Waals surface area (Å²) in [6.07, 6.45) is 2.76. The molecular weight excluding hydrogens is 411 g/mol. The summed E-state index contributed by atoms with van der Waals surface area (Å²) in [5.74, 6) is 1.51. The van der Waals surface area contributed by atoms with E-state index in [1.54, 1.807) is 37.4 Å². The van der Waals surface area contributed by atoms with E-state index in [9.17, 15) is 4.79 Å². The van der Waals surface area contributed by atoms with E-state index in [0.717, 1.165) is 31.5 Å². The Morgan fingerprint density at radius 2 is 1.97 bits per heavy atom. The topological polar surface area (TPSA) is 59.6 Å². The summed E-state index contributed by atoms with van der Waals surface area (Å²) in [7, 11) is 1.59. The minimum atomic E-state index is -0.134. The van der Waals surface area contributed by atoms with Gasteiger partial charge in [-0.1, -0.05) is 29.3 Å². The average Bonchev–Trinajstić information content (AvgIpc) is 2.74. The Hall–Kier alpha value is -1.95. The third-order valence-corrected chi connectivity index (χ3v) is 5.67. The number of carbonyl (C=O) groups is 1. The SMILES string of the molecule is COc1ccc(C(=O)NCC2CCNCC2)c(OCCc2ccc(Cl)cc2Cl)c1. The highest BCUT2D eigenvalue weighted by Gasteiger charge is 2.18. The molecule has 0 saturated carbocycles. The molecule has 1 saturated heterocycles. The lowest BCUT2D eigenvalue weighted by atomic mass is 9.98. The molecule has 1 aliphatic rings. The highest BCUT2D eigenvalue weighted by molar-refractivity contribution is 6.35. The van der Waals surface area contributed by atoms with Crippen LogP contribution in [0.15, 0.2) is 36.4 Å². The van der Waals surface area contributed by atoms with E-state index in [1.165, 1.54) is 0 Å². The molecule has 2 aromatic rings.